The third-order valence-corrected chi connectivity index (χ3v) is 1.15. The van der Waals surface area contributed by atoms with Crippen molar-refractivity contribution in [2.75, 3.05) is 0 Å². The topological polar surface area (TPSA) is 52.3 Å². The number of nitrogens with two attached hydrogens (primary N) is 1. The molecule has 0 saturated heterocycles. The summed E-state index contributed by atoms with van der Waals surface area (Å²) in [6, 6.07) is -0.961. The van der Waals surface area contributed by atoms with Crippen molar-refractivity contribution < 1.29 is 13.9 Å². The second-order valence-corrected chi connectivity index (χ2v) is 3.86. The van der Waals surface area contributed by atoms with Gasteiger partial charge in [-0.1, -0.05) is 6.58 Å². The summed E-state index contributed by atoms with van der Waals surface area (Å²) in [5.74, 6) is -1.22. The average molecular weight is 189 g/mol. The fourth-order valence-electron chi connectivity index (χ4n) is 0.699. The van der Waals surface area contributed by atoms with E-state index in [2.05, 4.69) is 6.58 Å². The maximum absolute atomic E-state index is 12.3. The summed E-state index contributed by atoms with van der Waals surface area (Å²) in [5, 5.41) is 0. The minimum absolute atomic E-state index is 0.186. The minimum atomic E-state index is -0.961. The quantitative estimate of drug-likeness (QED) is 0.685. The maximum atomic E-state index is 12.3. The number of carbonyl (C=O) groups excluding carboxylic acids is 1. The van der Waals surface area contributed by atoms with Crippen LogP contribution in [0.2, 0.25) is 0 Å². The first-order chi connectivity index (χ1) is 5.72. The zero-order valence-electron chi connectivity index (χ0n) is 8.26. The smallest absolute Gasteiger partial charge is 0.323 e. The normalized spacial score (nSPS) is 13.6. The molecule has 0 aliphatic rings. The summed E-state index contributed by atoms with van der Waals surface area (Å²) in [6.45, 7) is 8.19. The van der Waals surface area contributed by atoms with Gasteiger partial charge >= 0.3 is 5.97 Å². The molecule has 4 heteroatoms. The number of rotatable bonds is 3. The fraction of sp³-hybridized carbons (Fsp3) is 0.667. The van der Waals surface area contributed by atoms with Crippen LogP contribution in [0.15, 0.2) is 12.4 Å². The Morgan fingerprint density at radius 1 is 1.62 bits per heavy atom. The summed E-state index contributed by atoms with van der Waals surface area (Å²) in [6.07, 6.45) is -0.186. The Balaban J connectivity index is 4.05. The van der Waals surface area contributed by atoms with E-state index in [9.17, 15) is 9.18 Å². The standard InChI is InChI=1S/C9H16FNO2/c1-6(10)5-7(11)8(12)13-9(2,3)4/h7H,1,5,11H2,2-4H3/t7-/m0/s1. The molecule has 1 atom stereocenters. The second kappa shape index (κ2) is 4.37. The van der Waals surface area contributed by atoms with Crippen molar-refractivity contribution in [2.45, 2.75) is 38.8 Å². The maximum Gasteiger partial charge on any atom is 0.323 e. The lowest BCUT2D eigenvalue weighted by atomic mass is 10.1. The number of esters is 1. The molecule has 0 spiro atoms. The molecule has 0 heterocycles. The van der Waals surface area contributed by atoms with Crippen molar-refractivity contribution in [2.24, 2.45) is 5.73 Å². The summed E-state index contributed by atoms with van der Waals surface area (Å²) in [5.41, 5.74) is 4.76. The van der Waals surface area contributed by atoms with Crippen molar-refractivity contribution >= 4 is 5.97 Å². The predicted octanol–water partition coefficient (Wildman–Crippen LogP) is 1.53. The van der Waals surface area contributed by atoms with Crippen LogP contribution in [0.4, 0.5) is 4.39 Å². The Hall–Kier alpha value is -0.900. The van der Waals surface area contributed by atoms with E-state index in [1.165, 1.54) is 0 Å². The molecular weight excluding hydrogens is 173 g/mol. The van der Waals surface area contributed by atoms with Crippen molar-refractivity contribution in [3.8, 4) is 0 Å². The highest BCUT2D eigenvalue weighted by atomic mass is 19.1. The summed E-state index contributed by atoms with van der Waals surface area (Å²) >= 11 is 0. The van der Waals surface area contributed by atoms with Crippen LogP contribution >= 0.6 is 0 Å². The lowest BCUT2D eigenvalue weighted by molar-refractivity contribution is -0.156. The van der Waals surface area contributed by atoms with Crippen molar-refractivity contribution in [1.29, 1.82) is 0 Å². The van der Waals surface area contributed by atoms with Crippen LogP contribution in [0.5, 0.6) is 0 Å². The lowest BCUT2D eigenvalue weighted by Gasteiger charge is -2.21. The molecule has 13 heavy (non-hydrogen) atoms. The Morgan fingerprint density at radius 3 is 2.38 bits per heavy atom. The van der Waals surface area contributed by atoms with E-state index >= 15 is 0 Å². The molecule has 0 bridgehead atoms. The van der Waals surface area contributed by atoms with E-state index in [1.807, 2.05) is 0 Å². The van der Waals surface area contributed by atoms with E-state index in [4.69, 9.17) is 10.5 Å². The third-order valence-electron chi connectivity index (χ3n) is 1.15. The molecule has 0 unspecified atom stereocenters. The number of halogens is 1. The van der Waals surface area contributed by atoms with E-state index in [1.54, 1.807) is 20.8 Å². The molecule has 0 rings (SSSR count). The van der Waals surface area contributed by atoms with E-state index in [-0.39, 0.29) is 6.42 Å². The van der Waals surface area contributed by atoms with Gasteiger partial charge < -0.3 is 10.5 Å². The molecule has 0 aromatic heterocycles. The molecule has 76 valence electrons. The van der Waals surface area contributed by atoms with Crippen LogP contribution in [-0.4, -0.2) is 17.6 Å². The molecule has 0 aliphatic carbocycles. The molecule has 0 aromatic rings. The van der Waals surface area contributed by atoms with Crippen LogP contribution in [0.3, 0.4) is 0 Å². The minimum Gasteiger partial charge on any atom is -0.459 e. The van der Waals surface area contributed by atoms with E-state index in [0.29, 0.717) is 0 Å². The summed E-state index contributed by atoms with van der Waals surface area (Å²) in [7, 11) is 0. The molecule has 0 radical (unpaired) electrons. The summed E-state index contributed by atoms with van der Waals surface area (Å²) < 4.78 is 17.2. The second-order valence-electron chi connectivity index (χ2n) is 3.86. The van der Waals surface area contributed by atoms with Gasteiger partial charge in [0.05, 0.1) is 5.83 Å². The van der Waals surface area contributed by atoms with Crippen LogP contribution < -0.4 is 5.73 Å². The SMILES string of the molecule is C=C(F)C[C@H](N)C(=O)OC(C)(C)C. The van der Waals surface area contributed by atoms with Gasteiger partial charge in [-0.2, -0.15) is 0 Å². The zero-order chi connectivity index (χ0) is 10.6. The Kier molecular flexibility index (Phi) is 4.07. The average Bonchev–Trinajstić information content (AvgIpc) is 1.81. The Labute approximate surface area is 77.7 Å². The van der Waals surface area contributed by atoms with Gasteiger partial charge in [0.2, 0.25) is 0 Å². The molecule has 3 nitrogen and oxygen atoms in total. The number of hydrogen-bond donors (Lipinski definition) is 1. The van der Waals surface area contributed by atoms with Crippen molar-refractivity contribution in [3.63, 3.8) is 0 Å². The molecule has 0 aliphatic heterocycles. The number of carbonyl (C=O) groups is 1. The van der Waals surface area contributed by atoms with Gasteiger partial charge in [-0.25, -0.2) is 4.39 Å². The van der Waals surface area contributed by atoms with Crippen LogP contribution in [0.25, 0.3) is 0 Å². The third kappa shape index (κ3) is 6.28. The highest BCUT2D eigenvalue weighted by Crippen LogP contribution is 2.10. The summed E-state index contributed by atoms with van der Waals surface area (Å²) in [4.78, 5) is 11.1. The molecule has 2 N–H and O–H groups in total. The van der Waals surface area contributed by atoms with Gasteiger partial charge in [0.1, 0.15) is 11.6 Å². The molecular formula is C9H16FNO2. The van der Waals surface area contributed by atoms with E-state index < -0.39 is 23.4 Å². The molecule has 0 saturated carbocycles. The first kappa shape index (κ1) is 12.1. The van der Waals surface area contributed by atoms with Crippen LogP contribution in [-0.2, 0) is 9.53 Å². The van der Waals surface area contributed by atoms with Gasteiger partial charge in [-0.15, -0.1) is 0 Å². The van der Waals surface area contributed by atoms with Crippen LogP contribution in [0, 0.1) is 0 Å². The van der Waals surface area contributed by atoms with Gasteiger partial charge in [0.15, 0.2) is 0 Å². The first-order valence-electron chi connectivity index (χ1n) is 4.04. The highest BCUT2D eigenvalue weighted by molar-refractivity contribution is 5.76. The lowest BCUT2D eigenvalue weighted by Crippen LogP contribution is -2.37. The first-order valence-corrected chi connectivity index (χ1v) is 4.04. The van der Waals surface area contributed by atoms with Crippen molar-refractivity contribution in [3.05, 3.63) is 12.4 Å². The van der Waals surface area contributed by atoms with Gasteiger partial charge in [-0.05, 0) is 20.8 Å². The molecule has 0 aromatic carbocycles. The highest BCUT2D eigenvalue weighted by Gasteiger charge is 2.22. The largest absolute Gasteiger partial charge is 0.459 e. The molecule has 0 fully saturated rings. The van der Waals surface area contributed by atoms with Crippen LogP contribution in [0.1, 0.15) is 27.2 Å². The number of ether oxygens (including phenoxy) is 1. The van der Waals surface area contributed by atoms with Crippen molar-refractivity contribution in [1.82, 2.24) is 0 Å². The Morgan fingerprint density at radius 2 is 2.08 bits per heavy atom. The zero-order valence-corrected chi connectivity index (χ0v) is 8.26. The Bertz CT molecular complexity index is 208. The molecule has 0 amide bonds. The van der Waals surface area contributed by atoms with E-state index in [0.717, 1.165) is 0 Å². The van der Waals surface area contributed by atoms with Gasteiger partial charge in [-0.3, -0.25) is 4.79 Å². The van der Waals surface area contributed by atoms with Gasteiger partial charge in [0, 0.05) is 6.42 Å². The predicted molar refractivity (Wildman–Crippen MR) is 48.7 cm³/mol. The monoisotopic (exact) mass is 189 g/mol. The van der Waals surface area contributed by atoms with Gasteiger partial charge in [0.25, 0.3) is 0 Å². The fourth-order valence-corrected chi connectivity index (χ4v) is 0.699. The number of hydrogen-bond acceptors (Lipinski definition) is 3.